The Morgan fingerprint density at radius 3 is 2.09 bits per heavy atom. The van der Waals surface area contributed by atoms with E-state index in [-0.39, 0.29) is 11.9 Å². The van der Waals surface area contributed by atoms with Crippen LogP contribution < -0.4 is 5.32 Å². The monoisotopic (exact) mass is 310 g/mol. The molecule has 0 aliphatic heterocycles. The largest absolute Gasteiger partial charge is 0.324 e. The maximum atomic E-state index is 12.9. The Morgan fingerprint density at radius 1 is 1.00 bits per heavy atom. The smallest absolute Gasteiger partial charge is 0.246 e. The fourth-order valence-corrected chi connectivity index (χ4v) is 3.01. The molecule has 0 fully saturated rings. The van der Waals surface area contributed by atoms with E-state index >= 15 is 0 Å². The number of amides is 1. The second-order valence-electron chi connectivity index (χ2n) is 5.90. The van der Waals surface area contributed by atoms with Crippen molar-refractivity contribution in [1.29, 1.82) is 0 Å². The van der Waals surface area contributed by atoms with Crippen molar-refractivity contribution in [3.63, 3.8) is 0 Å². The van der Waals surface area contributed by atoms with Gasteiger partial charge in [-0.15, -0.1) is 0 Å². The quantitative estimate of drug-likeness (QED) is 0.861. The maximum Gasteiger partial charge on any atom is 0.246 e. The fourth-order valence-electron chi connectivity index (χ4n) is 3.01. The van der Waals surface area contributed by atoms with Gasteiger partial charge in [-0.05, 0) is 55.8 Å². The molecular formula is C20H26N2O. The molecule has 1 unspecified atom stereocenters. The van der Waals surface area contributed by atoms with Crippen molar-refractivity contribution in [3.8, 4) is 0 Å². The summed E-state index contributed by atoms with van der Waals surface area (Å²) in [7, 11) is 0. The van der Waals surface area contributed by atoms with Crippen molar-refractivity contribution in [1.82, 2.24) is 4.90 Å². The van der Waals surface area contributed by atoms with Gasteiger partial charge in [0.25, 0.3) is 0 Å². The number of hydrogen-bond donors (Lipinski definition) is 1. The van der Waals surface area contributed by atoms with Crippen molar-refractivity contribution < 1.29 is 4.79 Å². The van der Waals surface area contributed by atoms with Crippen molar-refractivity contribution >= 4 is 11.6 Å². The fraction of sp³-hybridized carbons (Fsp3) is 0.350. The standard InChI is InChI=1S/C20H26N2O/c1-5-22(6-2)19(17-10-8-7-9-11-17)20(23)21-18-13-15(3)12-16(4)14-18/h7-14,19H,5-6H2,1-4H3,(H,21,23). The molecule has 1 atom stereocenters. The summed E-state index contributed by atoms with van der Waals surface area (Å²) >= 11 is 0. The molecule has 23 heavy (non-hydrogen) atoms. The highest BCUT2D eigenvalue weighted by Gasteiger charge is 2.25. The van der Waals surface area contributed by atoms with Crippen LogP contribution in [0.15, 0.2) is 48.5 Å². The number of carbonyl (C=O) groups is 1. The molecule has 122 valence electrons. The molecule has 1 N–H and O–H groups in total. The van der Waals surface area contributed by atoms with E-state index in [2.05, 4.69) is 30.1 Å². The van der Waals surface area contributed by atoms with E-state index in [1.54, 1.807) is 0 Å². The molecule has 0 aliphatic rings. The summed E-state index contributed by atoms with van der Waals surface area (Å²) in [6.07, 6.45) is 0. The summed E-state index contributed by atoms with van der Waals surface area (Å²) in [5.74, 6) is 0.0184. The molecule has 0 radical (unpaired) electrons. The maximum absolute atomic E-state index is 12.9. The molecular weight excluding hydrogens is 284 g/mol. The van der Waals surface area contributed by atoms with Gasteiger partial charge in [-0.2, -0.15) is 0 Å². The lowest BCUT2D eigenvalue weighted by molar-refractivity contribution is -0.121. The van der Waals surface area contributed by atoms with E-state index in [9.17, 15) is 4.79 Å². The number of nitrogens with one attached hydrogen (secondary N) is 1. The van der Waals surface area contributed by atoms with Crippen LogP contribution in [0, 0.1) is 13.8 Å². The number of aryl methyl sites for hydroxylation is 2. The first-order valence-corrected chi connectivity index (χ1v) is 8.23. The van der Waals surface area contributed by atoms with Crippen LogP contribution in [0.2, 0.25) is 0 Å². The highest BCUT2D eigenvalue weighted by Crippen LogP contribution is 2.23. The normalized spacial score (nSPS) is 12.2. The predicted octanol–water partition coefficient (Wildman–Crippen LogP) is 4.33. The van der Waals surface area contributed by atoms with E-state index in [4.69, 9.17) is 0 Å². The first kappa shape index (κ1) is 17.2. The molecule has 0 aromatic heterocycles. The second-order valence-corrected chi connectivity index (χ2v) is 5.90. The molecule has 0 saturated carbocycles. The Kier molecular flexibility index (Phi) is 5.94. The Balaban J connectivity index is 2.29. The molecule has 2 aromatic rings. The van der Waals surface area contributed by atoms with Gasteiger partial charge in [-0.25, -0.2) is 0 Å². The average molecular weight is 310 g/mol. The predicted molar refractivity (Wildman–Crippen MR) is 96.6 cm³/mol. The Bertz CT molecular complexity index is 628. The summed E-state index contributed by atoms with van der Waals surface area (Å²) in [4.78, 5) is 15.1. The Hall–Kier alpha value is -2.13. The first-order chi connectivity index (χ1) is 11.0. The zero-order chi connectivity index (χ0) is 16.8. The van der Waals surface area contributed by atoms with Crippen LogP contribution in [0.25, 0.3) is 0 Å². The molecule has 1 amide bonds. The number of likely N-dealkylation sites (N-methyl/N-ethyl adjacent to an activating group) is 1. The minimum Gasteiger partial charge on any atom is -0.324 e. The molecule has 3 heteroatoms. The second kappa shape index (κ2) is 7.93. The third kappa shape index (κ3) is 4.42. The number of carbonyl (C=O) groups excluding carboxylic acids is 1. The van der Waals surface area contributed by atoms with Crippen LogP contribution in [0.4, 0.5) is 5.69 Å². The number of rotatable bonds is 6. The van der Waals surface area contributed by atoms with Gasteiger partial charge in [0.05, 0.1) is 0 Å². The zero-order valence-electron chi connectivity index (χ0n) is 14.5. The van der Waals surface area contributed by atoms with Crippen LogP contribution in [-0.2, 0) is 4.79 Å². The van der Waals surface area contributed by atoms with Gasteiger partial charge < -0.3 is 5.32 Å². The summed E-state index contributed by atoms with van der Waals surface area (Å²) in [6, 6.07) is 15.8. The van der Waals surface area contributed by atoms with Gasteiger partial charge in [0.2, 0.25) is 5.91 Å². The highest BCUT2D eigenvalue weighted by molar-refractivity contribution is 5.95. The van der Waals surface area contributed by atoms with Crippen LogP contribution in [0.3, 0.4) is 0 Å². The summed E-state index contributed by atoms with van der Waals surface area (Å²) in [5, 5.41) is 3.09. The van der Waals surface area contributed by atoms with Gasteiger partial charge in [-0.3, -0.25) is 9.69 Å². The third-order valence-corrected chi connectivity index (χ3v) is 4.03. The van der Waals surface area contributed by atoms with Crippen LogP contribution in [0.5, 0.6) is 0 Å². The van der Waals surface area contributed by atoms with Crippen molar-refractivity contribution in [2.75, 3.05) is 18.4 Å². The van der Waals surface area contributed by atoms with Crippen molar-refractivity contribution in [3.05, 3.63) is 65.2 Å². The molecule has 0 heterocycles. The number of nitrogens with zero attached hydrogens (tertiary/aromatic N) is 1. The lowest BCUT2D eigenvalue weighted by Crippen LogP contribution is -2.37. The molecule has 0 aliphatic carbocycles. The molecule has 0 spiro atoms. The van der Waals surface area contributed by atoms with Gasteiger partial charge >= 0.3 is 0 Å². The van der Waals surface area contributed by atoms with E-state index < -0.39 is 0 Å². The minimum atomic E-state index is -0.271. The lowest BCUT2D eigenvalue weighted by Gasteiger charge is -2.29. The highest BCUT2D eigenvalue weighted by atomic mass is 16.2. The number of benzene rings is 2. The van der Waals surface area contributed by atoms with E-state index in [1.807, 2.05) is 56.3 Å². The topological polar surface area (TPSA) is 32.3 Å². The molecule has 2 aromatic carbocycles. The zero-order valence-corrected chi connectivity index (χ0v) is 14.5. The number of anilines is 1. The summed E-state index contributed by atoms with van der Waals surface area (Å²) < 4.78 is 0. The van der Waals surface area contributed by atoms with Crippen LogP contribution >= 0.6 is 0 Å². The molecule has 3 nitrogen and oxygen atoms in total. The molecule has 0 saturated heterocycles. The summed E-state index contributed by atoms with van der Waals surface area (Å²) in [5.41, 5.74) is 4.19. The Labute approximate surface area is 139 Å². The van der Waals surface area contributed by atoms with Gasteiger partial charge in [0.15, 0.2) is 0 Å². The van der Waals surface area contributed by atoms with Gasteiger partial charge in [0.1, 0.15) is 6.04 Å². The lowest BCUT2D eigenvalue weighted by atomic mass is 10.0. The van der Waals surface area contributed by atoms with Crippen molar-refractivity contribution in [2.45, 2.75) is 33.7 Å². The van der Waals surface area contributed by atoms with Crippen molar-refractivity contribution in [2.24, 2.45) is 0 Å². The first-order valence-electron chi connectivity index (χ1n) is 8.23. The van der Waals surface area contributed by atoms with Crippen LogP contribution in [0.1, 0.15) is 36.6 Å². The molecule has 0 bridgehead atoms. The molecule has 2 rings (SSSR count). The Morgan fingerprint density at radius 2 is 1.57 bits per heavy atom. The van der Waals surface area contributed by atoms with E-state index in [0.717, 1.165) is 35.5 Å². The average Bonchev–Trinajstić information content (AvgIpc) is 2.52. The SMILES string of the molecule is CCN(CC)C(C(=O)Nc1cc(C)cc(C)c1)c1ccccc1. The van der Waals surface area contributed by atoms with E-state index in [0.29, 0.717) is 0 Å². The van der Waals surface area contributed by atoms with E-state index in [1.165, 1.54) is 0 Å². The summed E-state index contributed by atoms with van der Waals surface area (Å²) in [6.45, 7) is 9.92. The minimum absolute atomic E-state index is 0.0184. The van der Waals surface area contributed by atoms with Crippen LogP contribution in [-0.4, -0.2) is 23.9 Å². The third-order valence-electron chi connectivity index (χ3n) is 4.03. The number of hydrogen-bond acceptors (Lipinski definition) is 2. The van der Waals surface area contributed by atoms with Gasteiger partial charge in [-0.1, -0.05) is 50.2 Å². The van der Waals surface area contributed by atoms with Gasteiger partial charge in [0, 0.05) is 5.69 Å².